The largest absolute Gasteiger partial charge is 0.465 e. The number of aryl methyl sites for hydroxylation is 1. The lowest BCUT2D eigenvalue weighted by molar-refractivity contribution is 0.0755. The highest BCUT2D eigenvalue weighted by Gasteiger charge is 2.28. The molecule has 1 saturated heterocycles. The number of hydrogen-bond acceptors (Lipinski definition) is 4. The number of nitrogens with zero attached hydrogens (tertiary/aromatic N) is 3. The number of furan rings is 1. The Morgan fingerprint density at radius 3 is 2.71 bits per heavy atom. The average molecular weight is 382 g/mol. The molecule has 4 heteroatoms. The van der Waals surface area contributed by atoms with Crippen LogP contribution in [0.15, 0.2) is 41.1 Å². The summed E-state index contributed by atoms with van der Waals surface area (Å²) in [5, 5.41) is 0. The number of rotatable bonds is 7. The molecule has 0 amide bonds. The topological polar surface area (TPSA) is 32.5 Å². The van der Waals surface area contributed by atoms with E-state index in [2.05, 4.69) is 33.0 Å². The molecule has 1 atom stereocenters. The van der Waals surface area contributed by atoms with Gasteiger partial charge in [0, 0.05) is 38.1 Å². The third-order valence-electron chi connectivity index (χ3n) is 6.46. The fraction of sp³-hybridized carbons (Fsp3) is 0.625. The third kappa shape index (κ3) is 5.45. The first-order valence-corrected chi connectivity index (χ1v) is 11.2. The van der Waals surface area contributed by atoms with Crippen LogP contribution in [0.5, 0.6) is 0 Å². The minimum Gasteiger partial charge on any atom is -0.465 e. The van der Waals surface area contributed by atoms with Crippen molar-refractivity contribution in [3.05, 3.63) is 53.7 Å². The van der Waals surface area contributed by atoms with E-state index >= 15 is 0 Å². The number of aromatic nitrogens is 1. The van der Waals surface area contributed by atoms with Crippen molar-refractivity contribution in [2.24, 2.45) is 5.92 Å². The lowest BCUT2D eigenvalue weighted by Crippen LogP contribution is -2.46. The highest BCUT2D eigenvalue weighted by atomic mass is 16.3. The van der Waals surface area contributed by atoms with Gasteiger partial charge in [-0.05, 0) is 68.8 Å². The van der Waals surface area contributed by atoms with Gasteiger partial charge in [0.15, 0.2) is 0 Å². The normalized spacial score (nSPS) is 22.0. The van der Waals surface area contributed by atoms with Crippen molar-refractivity contribution in [3.8, 4) is 0 Å². The van der Waals surface area contributed by atoms with Crippen LogP contribution >= 0.6 is 0 Å². The molecule has 2 aromatic heterocycles. The van der Waals surface area contributed by atoms with Crippen molar-refractivity contribution in [2.75, 3.05) is 19.6 Å². The average Bonchev–Trinajstić information content (AvgIpc) is 3.14. The van der Waals surface area contributed by atoms with Crippen LogP contribution in [0.3, 0.4) is 0 Å². The van der Waals surface area contributed by atoms with Gasteiger partial charge in [0.25, 0.3) is 0 Å². The minimum absolute atomic E-state index is 0.753. The first-order valence-electron chi connectivity index (χ1n) is 11.2. The van der Waals surface area contributed by atoms with Crippen LogP contribution < -0.4 is 0 Å². The SMILES string of the molecule is Cc1ccc(CN(Cc2cccnc2)C[C@H]2CCCN(C3CCCCC3)C2)o1. The smallest absolute Gasteiger partial charge is 0.118 e. The molecule has 0 spiro atoms. The second kappa shape index (κ2) is 9.71. The highest BCUT2D eigenvalue weighted by molar-refractivity contribution is 5.10. The second-order valence-corrected chi connectivity index (χ2v) is 8.84. The van der Waals surface area contributed by atoms with Crippen molar-refractivity contribution in [1.29, 1.82) is 0 Å². The van der Waals surface area contributed by atoms with Crippen molar-refractivity contribution >= 4 is 0 Å². The Kier molecular flexibility index (Phi) is 6.81. The van der Waals surface area contributed by atoms with Crippen molar-refractivity contribution in [2.45, 2.75) is 71.0 Å². The number of likely N-dealkylation sites (tertiary alicyclic amines) is 1. The van der Waals surface area contributed by atoms with Crippen LogP contribution in [0.25, 0.3) is 0 Å². The molecule has 1 aliphatic heterocycles. The Morgan fingerprint density at radius 2 is 1.96 bits per heavy atom. The van der Waals surface area contributed by atoms with E-state index in [4.69, 9.17) is 4.42 Å². The molecule has 0 unspecified atom stereocenters. The van der Waals surface area contributed by atoms with Gasteiger partial charge < -0.3 is 9.32 Å². The van der Waals surface area contributed by atoms with E-state index in [1.165, 1.54) is 63.6 Å². The number of piperidine rings is 1. The predicted molar refractivity (Wildman–Crippen MR) is 113 cm³/mol. The van der Waals surface area contributed by atoms with E-state index in [0.29, 0.717) is 0 Å². The zero-order chi connectivity index (χ0) is 19.2. The summed E-state index contributed by atoms with van der Waals surface area (Å²) in [6, 6.07) is 9.26. The molecule has 4 rings (SSSR count). The fourth-order valence-electron chi connectivity index (χ4n) is 5.11. The van der Waals surface area contributed by atoms with Crippen molar-refractivity contribution in [3.63, 3.8) is 0 Å². The molecule has 28 heavy (non-hydrogen) atoms. The van der Waals surface area contributed by atoms with E-state index in [9.17, 15) is 0 Å². The van der Waals surface area contributed by atoms with Crippen LogP contribution in [-0.2, 0) is 13.1 Å². The lowest BCUT2D eigenvalue weighted by Gasteiger charge is -2.41. The van der Waals surface area contributed by atoms with Gasteiger partial charge in [-0.25, -0.2) is 0 Å². The van der Waals surface area contributed by atoms with Crippen molar-refractivity contribution in [1.82, 2.24) is 14.8 Å². The van der Waals surface area contributed by atoms with Crippen LogP contribution in [0, 0.1) is 12.8 Å². The predicted octanol–water partition coefficient (Wildman–Crippen LogP) is 5.03. The molecule has 0 radical (unpaired) electrons. The molecule has 3 heterocycles. The monoisotopic (exact) mass is 381 g/mol. The first-order chi connectivity index (χ1) is 13.8. The third-order valence-corrected chi connectivity index (χ3v) is 6.46. The standard InChI is InChI=1S/C24H35N3O/c1-20-11-12-24(28-20)19-26(16-21-7-5-13-25-15-21)17-22-8-6-14-27(18-22)23-9-3-2-4-10-23/h5,7,11-13,15,22-23H,2-4,6,8-10,14,16-19H2,1H3/t22-/m1/s1. The molecule has 4 nitrogen and oxygen atoms in total. The molecule has 2 fully saturated rings. The summed E-state index contributed by atoms with van der Waals surface area (Å²) in [4.78, 5) is 9.68. The van der Waals surface area contributed by atoms with Crippen LogP contribution in [0.1, 0.15) is 62.0 Å². The van der Waals surface area contributed by atoms with Gasteiger partial charge in [-0.1, -0.05) is 25.3 Å². The van der Waals surface area contributed by atoms with Gasteiger partial charge in [-0.3, -0.25) is 9.88 Å². The zero-order valence-corrected chi connectivity index (χ0v) is 17.4. The summed E-state index contributed by atoms with van der Waals surface area (Å²) in [5.74, 6) is 2.82. The Labute approximate surface area is 169 Å². The maximum absolute atomic E-state index is 5.89. The molecule has 0 aromatic carbocycles. The minimum atomic E-state index is 0.753. The van der Waals surface area contributed by atoms with Gasteiger partial charge in [0.1, 0.15) is 11.5 Å². The van der Waals surface area contributed by atoms with E-state index in [1.54, 1.807) is 0 Å². The van der Waals surface area contributed by atoms with Crippen LogP contribution in [0.4, 0.5) is 0 Å². The Morgan fingerprint density at radius 1 is 1.07 bits per heavy atom. The molecular weight excluding hydrogens is 346 g/mol. The maximum atomic E-state index is 5.89. The van der Waals surface area contributed by atoms with E-state index in [-0.39, 0.29) is 0 Å². The van der Waals surface area contributed by atoms with E-state index in [1.807, 2.05) is 25.4 Å². The molecule has 1 saturated carbocycles. The Hall–Kier alpha value is -1.65. The van der Waals surface area contributed by atoms with Crippen LogP contribution in [-0.4, -0.2) is 40.5 Å². The zero-order valence-electron chi connectivity index (χ0n) is 17.4. The fourth-order valence-corrected chi connectivity index (χ4v) is 5.11. The lowest BCUT2D eigenvalue weighted by atomic mass is 9.90. The van der Waals surface area contributed by atoms with E-state index < -0.39 is 0 Å². The molecule has 1 aliphatic carbocycles. The van der Waals surface area contributed by atoms with Gasteiger partial charge in [-0.2, -0.15) is 0 Å². The number of pyridine rings is 1. The van der Waals surface area contributed by atoms with Gasteiger partial charge in [0.2, 0.25) is 0 Å². The molecular formula is C24H35N3O. The maximum Gasteiger partial charge on any atom is 0.118 e. The summed E-state index contributed by atoms with van der Waals surface area (Å²) >= 11 is 0. The number of hydrogen-bond donors (Lipinski definition) is 0. The summed E-state index contributed by atoms with van der Waals surface area (Å²) in [7, 11) is 0. The van der Waals surface area contributed by atoms with Crippen molar-refractivity contribution < 1.29 is 4.42 Å². The molecule has 2 aromatic rings. The molecule has 0 bridgehead atoms. The van der Waals surface area contributed by atoms with Gasteiger partial charge >= 0.3 is 0 Å². The summed E-state index contributed by atoms with van der Waals surface area (Å²) in [5.41, 5.74) is 1.28. The quantitative estimate of drug-likeness (QED) is 0.673. The summed E-state index contributed by atoms with van der Waals surface area (Å²) < 4.78 is 5.89. The van der Waals surface area contributed by atoms with Gasteiger partial charge in [-0.15, -0.1) is 0 Å². The van der Waals surface area contributed by atoms with E-state index in [0.717, 1.165) is 43.1 Å². The van der Waals surface area contributed by atoms with Crippen LogP contribution in [0.2, 0.25) is 0 Å². The Balaban J connectivity index is 1.40. The Bertz CT molecular complexity index is 708. The molecule has 152 valence electrons. The molecule has 0 N–H and O–H groups in total. The summed E-state index contributed by atoms with van der Waals surface area (Å²) in [6.07, 6.45) is 13.7. The second-order valence-electron chi connectivity index (χ2n) is 8.84. The first kappa shape index (κ1) is 19.7. The summed E-state index contributed by atoms with van der Waals surface area (Å²) in [6.45, 7) is 7.55. The van der Waals surface area contributed by atoms with Gasteiger partial charge in [0.05, 0.1) is 6.54 Å². The highest BCUT2D eigenvalue weighted by Crippen LogP contribution is 2.28. The molecule has 2 aliphatic rings.